The van der Waals surface area contributed by atoms with Gasteiger partial charge in [-0.25, -0.2) is 0 Å². The van der Waals surface area contributed by atoms with Crippen LogP contribution in [0.15, 0.2) is 22.5 Å². The molecule has 1 aromatic heterocycles. The van der Waals surface area contributed by atoms with E-state index in [0.29, 0.717) is 12.1 Å². The molecule has 1 aliphatic heterocycles. The summed E-state index contributed by atoms with van der Waals surface area (Å²) in [6.45, 7) is 6.21. The molecule has 6 heteroatoms. The van der Waals surface area contributed by atoms with Crippen molar-refractivity contribution in [3.05, 3.63) is 22.4 Å². The maximum atomic E-state index is 4.92. The van der Waals surface area contributed by atoms with Gasteiger partial charge in [-0.15, -0.1) is 11.3 Å². The van der Waals surface area contributed by atoms with Crippen molar-refractivity contribution in [1.29, 1.82) is 0 Å². The highest BCUT2D eigenvalue weighted by Crippen LogP contribution is 2.26. The lowest BCUT2D eigenvalue weighted by Gasteiger charge is -2.25. The maximum Gasteiger partial charge on any atom is 0.191 e. The summed E-state index contributed by atoms with van der Waals surface area (Å²) in [6.07, 6.45) is 6.84. The molecule has 0 radical (unpaired) electrons. The highest BCUT2D eigenvalue weighted by Gasteiger charge is 2.30. The van der Waals surface area contributed by atoms with Crippen LogP contribution >= 0.6 is 11.3 Å². The number of thiophene rings is 1. The van der Waals surface area contributed by atoms with Gasteiger partial charge >= 0.3 is 0 Å². The lowest BCUT2D eigenvalue weighted by molar-refractivity contribution is 0.242. The van der Waals surface area contributed by atoms with E-state index in [9.17, 15) is 0 Å². The fourth-order valence-corrected chi connectivity index (χ4v) is 5.10. The van der Waals surface area contributed by atoms with Crippen molar-refractivity contribution in [3.63, 3.8) is 0 Å². The Bertz CT molecular complexity index is 551. The second kappa shape index (κ2) is 9.72. The van der Waals surface area contributed by atoms with Crippen LogP contribution in [0.4, 0.5) is 0 Å². The molecule has 1 saturated carbocycles. The first-order valence-corrected chi connectivity index (χ1v) is 11.0. The molecular weight excluding hydrogens is 342 g/mol. The van der Waals surface area contributed by atoms with Crippen LogP contribution in [0.1, 0.15) is 49.9 Å². The van der Waals surface area contributed by atoms with E-state index in [4.69, 9.17) is 4.99 Å². The Morgan fingerprint density at radius 2 is 2.15 bits per heavy atom. The molecule has 2 atom stereocenters. The number of nitrogens with zero attached hydrogens (tertiary/aromatic N) is 3. The Morgan fingerprint density at radius 3 is 2.81 bits per heavy atom. The van der Waals surface area contributed by atoms with Gasteiger partial charge in [-0.2, -0.15) is 0 Å². The second-order valence-electron chi connectivity index (χ2n) is 7.78. The van der Waals surface area contributed by atoms with Gasteiger partial charge in [0, 0.05) is 36.6 Å². The number of rotatable bonds is 7. The first-order chi connectivity index (χ1) is 12.7. The van der Waals surface area contributed by atoms with E-state index in [0.717, 1.165) is 31.6 Å². The average Bonchev–Trinajstić information content (AvgIpc) is 3.37. The van der Waals surface area contributed by atoms with Crippen molar-refractivity contribution in [2.45, 2.75) is 57.2 Å². The van der Waals surface area contributed by atoms with Crippen LogP contribution in [0.3, 0.4) is 0 Å². The molecule has 1 saturated heterocycles. The minimum atomic E-state index is 0.337. The topological polar surface area (TPSA) is 42.9 Å². The smallest absolute Gasteiger partial charge is 0.191 e. The zero-order valence-corrected chi connectivity index (χ0v) is 17.4. The Balaban J connectivity index is 1.56. The minimum Gasteiger partial charge on any atom is -0.357 e. The fraction of sp³-hybridized carbons (Fsp3) is 0.750. The summed E-state index contributed by atoms with van der Waals surface area (Å²) in [6, 6.07) is 6.02. The van der Waals surface area contributed by atoms with Crippen molar-refractivity contribution in [3.8, 4) is 0 Å². The summed E-state index contributed by atoms with van der Waals surface area (Å²) >= 11 is 1.81. The Labute approximate surface area is 162 Å². The van der Waals surface area contributed by atoms with Gasteiger partial charge in [-0.3, -0.25) is 9.89 Å². The molecule has 2 unspecified atom stereocenters. The number of hydrogen-bond donors (Lipinski definition) is 2. The summed E-state index contributed by atoms with van der Waals surface area (Å²) < 4.78 is 0. The maximum absolute atomic E-state index is 4.92. The van der Waals surface area contributed by atoms with Crippen molar-refractivity contribution in [2.24, 2.45) is 4.99 Å². The first-order valence-electron chi connectivity index (χ1n) is 10.2. The van der Waals surface area contributed by atoms with Gasteiger partial charge in [-0.1, -0.05) is 18.9 Å². The monoisotopic (exact) mass is 377 g/mol. The van der Waals surface area contributed by atoms with Crippen LogP contribution in [0.2, 0.25) is 0 Å². The van der Waals surface area contributed by atoms with E-state index in [1.54, 1.807) is 0 Å². The van der Waals surface area contributed by atoms with E-state index >= 15 is 0 Å². The molecule has 2 N–H and O–H groups in total. The quantitative estimate of drug-likeness (QED) is 0.566. The molecule has 146 valence electrons. The highest BCUT2D eigenvalue weighted by molar-refractivity contribution is 7.10. The number of likely N-dealkylation sites (N-methyl/N-ethyl adjacent to an activating group) is 1. The number of hydrogen-bond acceptors (Lipinski definition) is 4. The summed E-state index contributed by atoms with van der Waals surface area (Å²) in [5, 5.41) is 9.28. The molecule has 26 heavy (non-hydrogen) atoms. The second-order valence-corrected chi connectivity index (χ2v) is 8.76. The number of guanidine groups is 1. The SMILES string of the molecule is CCNC(=NCC(c1cccs1)N(C)C)NC1CCN(C2CCCC2)C1. The van der Waals surface area contributed by atoms with E-state index in [-0.39, 0.29) is 0 Å². The lowest BCUT2D eigenvalue weighted by Crippen LogP contribution is -2.45. The van der Waals surface area contributed by atoms with Crippen molar-refractivity contribution >= 4 is 17.3 Å². The largest absolute Gasteiger partial charge is 0.357 e. The molecule has 2 heterocycles. The van der Waals surface area contributed by atoms with Crippen LogP contribution in [0, 0.1) is 0 Å². The molecule has 0 aromatic carbocycles. The zero-order valence-electron chi connectivity index (χ0n) is 16.6. The molecule has 1 aromatic rings. The lowest BCUT2D eigenvalue weighted by atomic mass is 10.2. The Hall–Kier alpha value is -1.11. The van der Waals surface area contributed by atoms with E-state index in [2.05, 4.69) is 59.0 Å². The predicted molar refractivity (Wildman–Crippen MR) is 112 cm³/mol. The summed E-state index contributed by atoms with van der Waals surface area (Å²) in [5.41, 5.74) is 0. The van der Waals surface area contributed by atoms with Crippen LogP contribution in [-0.2, 0) is 0 Å². The van der Waals surface area contributed by atoms with Crippen LogP contribution in [0.5, 0.6) is 0 Å². The van der Waals surface area contributed by atoms with E-state index < -0.39 is 0 Å². The fourth-order valence-electron chi connectivity index (χ4n) is 4.19. The summed E-state index contributed by atoms with van der Waals surface area (Å²) in [5.74, 6) is 0.967. The van der Waals surface area contributed by atoms with Crippen molar-refractivity contribution in [1.82, 2.24) is 20.4 Å². The van der Waals surface area contributed by atoms with Gasteiger partial charge in [0.1, 0.15) is 0 Å². The molecule has 5 nitrogen and oxygen atoms in total. The van der Waals surface area contributed by atoms with Gasteiger partial charge < -0.3 is 15.5 Å². The highest BCUT2D eigenvalue weighted by atomic mass is 32.1. The third-order valence-electron chi connectivity index (χ3n) is 5.66. The third kappa shape index (κ3) is 5.21. The molecule has 1 aliphatic carbocycles. The number of nitrogens with one attached hydrogen (secondary N) is 2. The third-order valence-corrected chi connectivity index (χ3v) is 6.64. The molecular formula is C20H35N5S. The van der Waals surface area contributed by atoms with Gasteiger partial charge in [-0.05, 0) is 51.7 Å². The standard InChI is InChI=1S/C20H35N5S/c1-4-21-20(22-14-18(24(2)3)19-10-7-13-26-19)23-16-11-12-25(15-16)17-8-5-6-9-17/h7,10,13,16-18H,4-6,8-9,11-12,14-15H2,1-3H3,(H2,21,22,23). The minimum absolute atomic E-state index is 0.337. The summed E-state index contributed by atoms with van der Waals surface area (Å²) in [4.78, 5) is 11.3. The number of aliphatic imine (C=N–C) groups is 1. The van der Waals surface area contributed by atoms with Crippen LogP contribution < -0.4 is 10.6 Å². The van der Waals surface area contributed by atoms with Crippen molar-refractivity contribution in [2.75, 3.05) is 40.3 Å². The van der Waals surface area contributed by atoms with Gasteiger partial charge in [0.2, 0.25) is 0 Å². The number of likely N-dealkylation sites (tertiary alicyclic amines) is 1. The van der Waals surface area contributed by atoms with Gasteiger partial charge in [0.25, 0.3) is 0 Å². The molecule has 0 spiro atoms. The van der Waals surface area contributed by atoms with Crippen LogP contribution in [-0.4, -0.2) is 68.1 Å². The molecule has 2 fully saturated rings. The predicted octanol–water partition coefficient (Wildman–Crippen LogP) is 2.92. The van der Waals surface area contributed by atoms with Crippen LogP contribution in [0.25, 0.3) is 0 Å². The van der Waals surface area contributed by atoms with Crippen molar-refractivity contribution < 1.29 is 0 Å². The first kappa shape index (κ1) is 19.6. The zero-order chi connectivity index (χ0) is 18.4. The molecule has 0 amide bonds. The van der Waals surface area contributed by atoms with E-state index in [1.165, 1.54) is 43.5 Å². The average molecular weight is 378 g/mol. The molecule has 3 rings (SSSR count). The molecule has 0 bridgehead atoms. The van der Waals surface area contributed by atoms with Gasteiger partial charge in [0.05, 0.1) is 12.6 Å². The molecule has 2 aliphatic rings. The Morgan fingerprint density at radius 1 is 1.35 bits per heavy atom. The summed E-state index contributed by atoms with van der Waals surface area (Å²) in [7, 11) is 4.27. The Kier molecular flexibility index (Phi) is 7.34. The van der Waals surface area contributed by atoms with E-state index in [1.807, 2.05) is 11.3 Å². The normalized spacial score (nSPS) is 23.7. The van der Waals surface area contributed by atoms with Gasteiger partial charge in [0.15, 0.2) is 5.96 Å².